The summed E-state index contributed by atoms with van der Waals surface area (Å²) in [6, 6.07) is 7.32. The average molecular weight is 273 g/mol. The van der Waals surface area contributed by atoms with Gasteiger partial charge < -0.3 is 0 Å². The van der Waals surface area contributed by atoms with Gasteiger partial charge in [0.1, 0.15) is 0 Å². The predicted octanol–water partition coefficient (Wildman–Crippen LogP) is 3.61. The quantitative estimate of drug-likeness (QED) is 0.662. The Morgan fingerprint density at radius 3 is 2.62 bits per heavy atom. The zero-order valence-corrected chi connectivity index (χ0v) is 10.6. The molecule has 84 valence electrons. The number of thiophene rings is 1. The van der Waals surface area contributed by atoms with E-state index >= 15 is 0 Å². The van der Waals surface area contributed by atoms with E-state index in [0.717, 1.165) is 11.1 Å². The van der Waals surface area contributed by atoms with Crippen LogP contribution in [0.5, 0.6) is 0 Å². The van der Waals surface area contributed by atoms with Gasteiger partial charge in [-0.05, 0) is 40.1 Å². The smallest absolute Gasteiger partial charge is 0.0732 e. The molecule has 0 amide bonds. The third kappa shape index (κ3) is 2.39. The minimum Gasteiger partial charge on any atom is -0.271 e. The molecule has 0 saturated heterocycles. The number of hydrogen-bond donors (Lipinski definition) is 2. The van der Waals surface area contributed by atoms with E-state index in [-0.39, 0.29) is 6.04 Å². The van der Waals surface area contributed by atoms with Crippen molar-refractivity contribution in [1.29, 1.82) is 0 Å². The molecule has 1 aromatic carbocycles. The molecule has 16 heavy (non-hydrogen) atoms. The van der Waals surface area contributed by atoms with Gasteiger partial charge in [0.05, 0.1) is 6.04 Å². The van der Waals surface area contributed by atoms with E-state index in [1.165, 1.54) is 0 Å². The molecular weight excluding hydrogens is 263 g/mol. The summed E-state index contributed by atoms with van der Waals surface area (Å²) in [5, 5.41) is 5.27. The first kappa shape index (κ1) is 11.9. The van der Waals surface area contributed by atoms with Crippen molar-refractivity contribution in [3.8, 4) is 0 Å². The van der Waals surface area contributed by atoms with Crippen molar-refractivity contribution in [3.63, 3.8) is 0 Å². The van der Waals surface area contributed by atoms with Crippen LogP contribution in [0.2, 0.25) is 10.0 Å². The Labute approximate surface area is 108 Å². The highest BCUT2D eigenvalue weighted by Crippen LogP contribution is 2.30. The molecule has 1 unspecified atom stereocenters. The van der Waals surface area contributed by atoms with Crippen LogP contribution in [0.15, 0.2) is 35.0 Å². The van der Waals surface area contributed by atoms with E-state index in [9.17, 15) is 0 Å². The van der Waals surface area contributed by atoms with Gasteiger partial charge in [0.25, 0.3) is 0 Å². The Hall–Kier alpha value is -0.580. The summed E-state index contributed by atoms with van der Waals surface area (Å²) in [7, 11) is 0. The van der Waals surface area contributed by atoms with Crippen molar-refractivity contribution in [2.45, 2.75) is 6.04 Å². The van der Waals surface area contributed by atoms with Crippen molar-refractivity contribution >= 4 is 34.5 Å². The topological polar surface area (TPSA) is 38.0 Å². The van der Waals surface area contributed by atoms with Crippen LogP contribution in [-0.2, 0) is 0 Å². The van der Waals surface area contributed by atoms with Crippen LogP contribution in [0.25, 0.3) is 0 Å². The lowest BCUT2D eigenvalue weighted by atomic mass is 10.0. The lowest BCUT2D eigenvalue weighted by Gasteiger charge is -2.16. The molecule has 0 spiro atoms. The Balaban J connectivity index is 2.41. The van der Waals surface area contributed by atoms with Gasteiger partial charge >= 0.3 is 0 Å². The fourth-order valence-electron chi connectivity index (χ4n) is 1.54. The number of nitrogens with two attached hydrogens (primary N) is 1. The minimum absolute atomic E-state index is 0.101. The van der Waals surface area contributed by atoms with Crippen LogP contribution in [0.1, 0.15) is 17.2 Å². The molecule has 1 atom stereocenters. The molecule has 0 fully saturated rings. The van der Waals surface area contributed by atoms with Gasteiger partial charge in [0.2, 0.25) is 0 Å². The van der Waals surface area contributed by atoms with E-state index < -0.39 is 0 Å². The molecule has 1 aromatic heterocycles. The van der Waals surface area contributed by atoms with E-state index in [4.69, 9.17) is 29.0 Å². The van der Waals surface area contributed by atoms with Crippen LogP contribution in [-0.4, -0.2) is 0 Å². The highest BCUT2D eigenvalue weighted by atomic mass is 35.5. The van der Waals surface area contributed by atoms with E-state index in [2.05, 4.69) is 5.43 Å². The zero-order chi connectivity index (χ0) is 11.5. The Bertz CT molecular complexity index is 471. The van der Waals surface area contributed by atoms with Crippen molar-refractivity contribution in [1.82, 2.24) is 5.43 Å². The SMILES string of the molecule is NNC(c1ccsc1)c1ccc(Cl)cc1Cl. The summed E-state index contributed by atoms with van der Waals surface area (Å²) in [5.41, 5.74) is 4.78. The molecule has 0 aliphatic rings. The Morgan fingerprint density at radius 2 is 2.06 bits per heavy atom. The average Bonchev–Trinajstić information content (AvgIpc) is 2.75. The number of hydrogen-bond acceptors (Lipinski definition) is 3. The number of benzene rings is 1. The van der Waals surface area contributed by atoms with Gasteiger partial charge in [0.15, 0.2) is 0 Å². The second-order valence-electron chi connectivity index (χ2n) is 3.32. The van der Waals surface area contributed by atoms with Crippen molar-refractivity contribution in [2.75, 3.05) is 0 Å². The van der Waals surface area contributed by atoms with Crippen molar-refractivity contribution in [3.05, 3.63) is 56.2 Å². The maximum Gasteiger partial charge on any atom is 0.0732 e. The molecule has 0 aliphatic heterocycles. The molecule has 2 rings (SSSR count). The van der Waals surface area contributed by atoms with Crippen molar-refractivity contribution < 1.29 is 0 Å². The fourth-order valence-corrected chi connectivity index (χ4v) is 2.74. The highest BCUT2D eigenvalue weighted by Gasteiger charge is 2.15. The van der Waals surface area contributed by atoms with Crippen LogP contribution in [0.3, 0.4) is 0 Å². The molecule has 0 saturated carbocycles. The van der Waals surface area contributed by atoms with Crippen LogP contribution in [0, 0.1) is 0 Å². The summed E-state index contributed by atoms with van der Waals surface area (Å²) in [4.78, 5) is 0. The molecule has 5 heteroatoms. The maximum atomic E-state index is 6.14. The second kappa shape index (κ2) is 5.17. The van der Waals surface area contributed by atoms with Gasteiger partial charge in [-0.1, -0.05) is 29.3 Å². The first-order valence-electron chi connectivity index (χ1n) is 4.65. The molecule has 0 aliphatic carbocycles. The molecule has 0 radical (unpaired) electrons. The third-order valence-electron chi connectivity index (χ3n) is 2.32. The first-order chi connectivity index (χ1) is 7.72. The summed E-state index contributed by atoms with van der Waals surface area (Å²) in [6.07, 6.45) is 0. The zero-order valence-electron chi connectivity index (χ0n) is 8.28. The van der Waals surface area contributed by atoms with Gasteiger partial charge in [0, 0.05) is 10.0 Å². The maximum absolute atomic E-state index is 6.14. The molecule has 2 nitrogen and oxygen atoms in total. The van der Waals surface area contributed by atoms with Gasteiger partial charge in [-0.25, -0.2) is 5.43 Å². The molecule has 1 heterocycles. The number of halogens is 2. The van der Waals surface area contributed by atoms with Crippen molar-refractivity contribution in [2.24, 2.45) is 5.84 Å². The summed E-state index contributed by atoms with van der Waals surface area (Å²) in [5.74, 6) is 5.57. The third-order valence-corrected chi connectivity index (χ3v) is 3.58. The Morgan fingerprint density at radius 1 is 1.25 bits per heavy atom. The van der Waals surface area contributed by atoms with Crippen LogP contribution < -0.4 is 11.3 Å². The normalized spacial score (nSPS) is 12.7. The summed E-state index contributed by atoms with van der Waals surface area (Å²) in [6.45, 7) is 0. The Kier molecular flexibility index (Phi) is 3.84. The number of hydrazine groups is 1. The lowest BCUT2D eigenvalue weighted by Crippen LogP contribution is -2.28. The standard InChI is InChI=1S/C11H10Cl2N2S/c12-8-1-2-9(10(13)5-8)11(15-14)7-3-4-16-6-7/h1-6,11,15H,14H2. The van der Waals surface area contributed by atoms with E-state index in [0.29, 0.717) is 10.0 Å². The number of nitrogens with one attached hydrogen (secondary N) is 1. The largest absolute Gasteiger partial charge is 0.271 e. The molecule has 0 bridgehead atoms. The summed E-state index contributed by atoms with van der Waals surface area (Å²) < 4.78 is 0. The lowest BCUT2D eigenvalue weighted by molar-refractivity contribution is 0.639. The minimum atomic E-state index is -0.101. The van der Waals surface area contributed by atoms with E-state index in [1.807, 2.05) is 22.9 Å². The van der Waals surface area contributed by atoms with Gasteiger partial charge in [-0.15, -0.1) is 0 Å². The summed E-state index contributed by atoms with van der Waals surface area (Å²) >= 11 is 13.6. The highest BCUT2D eigenvalue weighted by molar-refractivity contribution is 7.08. The van der Waals surface area contributed by atoms with Gasteiger partial charge in [-0.2, -0.15) is 11.3 Å². The van der Waals surface area contributed by atoms with E-state index in [1.54, 1.807) is 23.5 Å². The first-order valence-corrected chi connectivity index (χ1v) is 6.35. The predicted molar refractivity (Wildman–Crippen MR) is 69.9 cm³/mol. The molecule has 3 N–H and O–H groups in total. The van der Waals surface area contributed by atoms with Crippen LogP contribution in [0.4, 0.5) is 0 Å². The second-order valence-corrected chi connectivity index (χ2v) is 4.95. The number of rotatable bonds is 3. The fraction of sp³-hybridized carbons (Fsp3) is 0.0909. The monoisotopic (exact) mass is 272 g/mol. The molecule has 2 aromatic rings. The van der Waals surface area contributed by atoms with Crippen LogP contribution >= 0.6 is 34.5 Å². The molecular formula is C11H10Cl2N2S. The van der Waals surface area contributed by atoms with Gasteiger partial charge in [-0.3, -0.25) is 5.84 Å².